The molecule has 1 aromatic carbocycles. The Morgan fingerprint density at radius 1 is 1.00 bits per heavy atom. The number of hydrogen-bond donors (Lipinski definition) is 2. The topological polar surface area (TPSA) is 110 Å². The molecule has 0 saturated carbocycles. The maximum absolute atomic E-state index is 13.0. The van der Waals surface area contributed by atoms with Crippen molar-refractivity contribution in [1.29, 1.82) is 0 Å². The Balaban J connectivity index is 2.07. The van der Waals surface area contributed by atoms with Crippen LogP contribution in [0, 0.1) is 13.8 Å². The van der Waals surface area contributed by atoms with Gasteiger partial charge in [-0.3, -0.25) is 14.1 Å². The molecule has 0 fully saturated rings. The Labute approximate surface area is 182 Å². The fourth-order valence-electron chi connectivity index (χ4n) is 2.67. The van der Waals surface area contributed by atoms with E-state index in [4.69, 9.17) is 23.2 Å². The predicted octanol–water partition coefficient (Wildman–Crippen LogP) is 4.01. The number of aryl methyl sites for hydroxylation is 2. The lowest BCUT2D eigenvalue weighted by Crippen LogP contribution is -2.18. The highest BCUT2D eigenvalue weighted by Gasteiger charge is 2.26. The number of aromatic nitrogens is 2. The van der Waals surface area contributed by atoms with Crippen molar-refractivity contribution >= 4 is 66.0 Å². The Morgan fingerprint density at radius 3 is 2.00 bits per heavy atom. The molecule has 0 saturated heterocycles. The first-order valence-corrected chi connectivity index (χ1v) is 12.6. The van der Waals surface area contributed by atoms with Crippen molar-refractivity contribution in [1.82, 2.24) is 9.78 Å². The van der Waals surface area contributed by atoms with E-state index in [2.05, 4.69) is 14.5 Å². The van der Waals surface area contributed by atoms with Crippen molar-refractivity contribution in [2.45, 2.75) is 23.0 Å². The van der Waals surface area contributed by atoms with Crippen LogP contribution in [0.4, 0.5) is 11.4 Å². The van der Waals surface area contributed by atoms with Crippen molar-refractivity contribution < 1.29 is 16.8 Å². The zero-order chi connectivity index (χ0) is 21.6. The normalized spacial score (nSPS) is 12.2. The number of rotatable bonds is 6. The van der Waals surface area contributed by atoms with Gasteiger partial charge in [-0.25, -0.2) is 16.8 Å². The molecule has 0 aliphatic carbocycles. The molecule has 0 aliphatic rings. The van der Waals surface area contributed by atoms with Crippen LogP contribution in [0.15, 0.2) is 38.8 Å². The molecule has 2 N–H and O–H groups in total. The smallest absolute Gasteiger partial charge is 0.271 e. The van der Waals surface area contributed by atoms with Crippen LogP contribution in [-0.2, 0) is 27.1 Å². The molecule has 2 heterocycles. The Bertz CT molecular complexity index is 1280. The minimum Gasteiger partial charge on any atom is -0.277 e. The largest absolute Gasteiger partial charge is 0.277 e. The van der Waals surface area contributed by atoms with Crippen molar-refractivity contribution in [3.63, 3.8) is 0 Å². The van der Waals surface area contributed by atoms with Crippen LogP contribution in [0.1, 0.15) is 11.4 Å². The van der Waals surface area contributed by atoms with E-state index in [0.717, 1.165) is 11.3 Å². The van der Waals surface area contributed by atoms with Crippen LogP contribution in [-0.4, -0.2) is 26.6 Å². The molecular weight excluding hydrogens is 479 g/mol. The predicted molar refractivity (Wildman–Crippen MR) is 115 cm³/mol. The Hall–Kier alpha value is -1.79. The van der Waals surface area contributed by atoms with E-state index >= 15 is 0 Å². The van der Waals surface area contributed by atoms with Crippen LogP contribution in [0.2, 0.25) is 10.0 Å². The molecular formula is C16H16Cl2N4O4S3. The lowest BCUT2D eigenvalue weighted by atomic mass is 10.3. The highest BCUT2D eigenvalue weighted by atomic mass is 35.5. The van der Waals surface area contributed by atoms with Crippen LogP contribution >= 0.6 is 34.5 Å². The zero-order valence-corrected chi connectivity index (χ0v) is 19.4. The highest BCUT2D eigenvalue weighted by Crippen LogP contribution is 2.36. The minimum absolute atomic E-state index is 0.00173. The third kappa shape index (κ3) is 4.38. The van der Waals surface area contributed by atoms with E-state index < -0.39 is 20.0 Å². The third-order valence-electron chi connectivity index (χ3n) is 4.02. The second kappa shape index (κ2) is 7.80. The van der Waals surface area contributed by atoms with Crippen molar-refractivity contribution in [3.8, 4) is 0 Å². The average molecular weight is 495 g/mol. The van der Waals surface area contributed by atoms with Gasteiger partial charge >= 0.3 is 0 Å². The van der Waals surface area contributed by atoms with Gasteiger partial charge in [0.2, 0.25) is 0 Å². The minimum atomic E-state index is -4.08. The molecule has 0 amide bonds. The number of halogens is 2. The number of thiophene rings is 1. The summed E-state index contributed by atoms with van der Waals surface area (Å²) in [7, 11) is -6.40. The molecule has 2 aromatic heterocycles. The number of benzene rings is 1. The van der Waals surface area contributed by atoms with E-state index in [-0.39, 0.29) is 30.5 Å². The van der Waals surface area contributed by atoms with Gasteiger partial charge in [0, 0.05) is 7.05 Å². The monoisotopic (exact) mass is 494 g/mol. The fraction of sp³-hybridized carbons (Fsp3) is 0.188. The van der Waals surface area contributed by atoms with Crippen molar-refractivity contribution in [3.05, 3.63) is 51.1 Å². The Kier molecular flexibility index (Phi) is 5.89. The zero-order valence-electron chi connectivity index (χ0n) is 15.4. The van der Waals surface area contributed by atoms with Gasteiger partial charge in [0.25, 0.3) is 20.0 Å². The van der Waals surface area contributed by atoms with Crippen LogP contribution in [0.3, 0.4) is 0 Å². The number of nitrogens with zero attached hydrogens (tertiary/aromatic N) is 2. The summed E-state index contributed by atoms with van der Waals surface area (Å²) in [6.45, 7) is 3.18. The first-order chi connectivity index (χ1) is 13.4. The first kappa shape index (κ1) is 21.9. The van der Waals surface area contributed by atoms with Crippen LogP contribution in [0.5, 0.6) is 0 Å². The summed E-state index contributed by atoms with van der Waals surface area (Å²) in [5.74, 6) is 0. The lowest BCUT2D eigenvalue weighted by Gasteiger charge is -2.15. The van der Waals surface area contributed by atoms with Crippen LogP contribution < -0.4 is 9.44 Å². The molecule has 0 radical (unpaired) electrons. The van der Waals surface area contributed by atoms with Gasteiger partial charge in [-0.2, -0.15) is 5.10 Å². The number of nitrogens with one attached hydrogen (secondary N) is 2. The summed E-state index contributed by atoms with van der Waals surface area (Å²) in [4.78, 5) is -0.00173. The number of hydrogen-bond acceptors (Lipinski definition) is 6. The van der Waals surface area contributed by atoms with Gasteiger partial charge in [0.05, 0.1) is 32.8 Å². The van der Waals surface area contributed by atoms with Crippen molar-refractivity contribution in [2.75, 3.05) is 9.44 Å². The molecule has 0 bridgehead atoms. The van der Waals surface area contributed by atoms with E-state index in [1.807, 2.05) is 0 Å². The van der Waals surface area contributed by atoms with Crippen LogP contribution in [0.25, 0.3) is 0 Å². The van der Waals surface area contributed by atoms with Gasteiger partial charge in [0.15, 0.2) is 0 Å². The Morgan fingerprint density at radius 2 is 1.55 bits per heavy atom. The summed E-state index contributed by atoms with van der Waals surface area (Å²) >= 11 is 13.1. The standard InChI is InChI=1S/C16H16Cl2N4O4S3/c1-9-16(10(2)22(3)19-9)29(25,26)21-14-8-12(18)11(17)7-13(14)20-28(23,24)15-5-4-6-27-15/h4-8,20-21H,1-3H3. The molecule has 0 unspecified atom stereocenters. The van der Waals surface area contributed by atoms with Gasteiger partial charge in [-0.1, -0.05) is 29.3 Å². The second-order valence-corrected chi connectivity index (χ2v) is 11.4. The molecule has 0 aliphatic heterocycles. The molecule has 0 spiro atoms. The third-order valence-corrected chi connectivity index (χ3v) is 9.12. The average Bonchev–Trinajstić information content (AvgIpc) is 3.21. The highest BCUT2D eigenvalue weighted by molar-refractivity contribution is 7.94. The maximum atomic E-state index is 13.0. The lowest BCUT2D eigenvalue weighted by molar-refractivity contribution is 0.598. The summed E-state index contributed by atoms with van der Waals surface area (Å²) in [5, 5.41) is 5.84. The summed E-state index contributed by atoms with van der Waals surface area (Å²) in [5.41, 5.74) is 0.604. The van der Waals surface area contributed by atoms with E-state index in [1.54, 1.807) is 32.3 Å². The fourth-order valence-corrected chi connectivity index (χ4v) is 6.57. The molecule has 3 rings (SSSR count). The van der Waals surface area contributed by atoms with E-state index in [9.17, 15) is 16.8 Å². The molecule has 29 heavy (non-hydrogen) atoms. The number of anilines is 2. The first-order valence-electron chi connectivity index (χ1n) is 8.01. The second-order valence-electron chi connectivity index (χ2n) is 6.08. The van der Waals surface area contributed by atoms with E-state index in [1.165, 1.54) is 22.9 Å². The summed E-state index contributed by atoms with van der Waals surface area (Å²) in [6, 6.07) is 5.51. The van der Waals surface area contributed by atoms with Crippen molar-refractivity contribution in [2.24, 2.45) is 7.05 Å². The SMILES string of the molecule is Cc1nn(C)c(C)c1S(=O)(=O)Nc1cc(Cl)c(Cl)cc1NS(=O)(=O)c1cccs1. The summed E-state index contributed by atoms with van der Waals surface area (Å²) < 4.78 is 57.4. The molecule has 3 aromatic rings. The summed E-state index contributed by atoms with van der Waals surface area (Å²) in [6.07, 6.45) is 0. The number of sulfonamides is 2. The van der Waals surface area contributed by atoms with E-state index in [0.29, 0.717) is 11.4 Å². The van der Waals surface area contributed by atoms with Gasteiger partial charge in [0.1, 0.15) is 9.10 Å². The maximum Gasteiger partial charge on any atom is 0.271 e. The van der Waals surface area contributed by atoms with Gasteiger partial charge in [-0.15, -0.1) is 11.3 Å². The quantitative estimate of drug-likeness (QED) is 0.537. The molecule has 0 atom stereocenters. The molecule has 13 heteroatoms. The van der Waals surface area contributed by atoms with Gasteiger partial charge < -0.3 is 0 Å². The molecule has 156 valence electrons. The molecule has 8 nitrogen and oxygen atoms in total. The van der Waals surface area contributed by atoms with Gasteiger partial charge in [-0.05, 0) is 37.4 Å².